The lowest BCUT2D eigenvalue weighted by atomic mass is 10.2. The number of carbonyl (C=O) groups excluding carboxylic acids is 2. The highest BCUT2D eigenvalue weighted by atomic mass is 19.2. The van der Waals surface area contributed by atoms with Gasteiger partial charge in [-0.2, -0.15) is 0 Å². The first-order valence-electron chi connectivity index (χ1n) is 5.62. The molecule has 0 saturated heterocycles. The highest BCUT2D eigenvalue weighted by Gasteiger charge is 2.25. The lowest BCUT2D eigenvalue weighted by Crippen LogP contribution is -2.31. The van der Waals surface area contributed by atoms with Crippen LogP contribution in [-0.2, 0) is 14.3 Å². The van der Waals surface area contributed by atoms with Gasteiger partial charge in [-0.05, 0) is 24.6 Å². The van der Waals surface area contributed by atoms with Crippen molar-refractivity contribution < 1.29 is 32.2 Å². The van der Waals surface area contributed by atoms with Crippen LogP contribution in [0.15, 0.2) is 24.3 Å². The fourth-order valence-corrected chi connectivity index (χ4v) is 1.33. The Kier molecular flexibility index (Phi) is 5.34. The molecular weight excluding hydrogens is 291 g/mol. The molecule has 0 spiro atoms. The lowest BCUT2D eigenvalue weighted by Gasteiger charge is -2.16. The van der Waals surface area contributed by atoms with Crippen molar-refractivity contribution in [1.29, 1.82) is 0 Å². The van der Waals surface area contributed by atoms with Crippen molar-refractivity contribution in [2.24, 2.45) is 0 Å². The summed E-state index contributed by atoms with van der Waals surface area (Å²) in [6.07, 6.45) is -2.65. The molecule has 0 aromatic heterocycles. The fraction of sp³-hybridized carbons (Fsp3) is 0.231. The second-order valence-corrected chi connectivity index (χ2v) is 4.00. The van der Waals surface area contributed by atoms with E-state index < -0.39 is 41.3 Å². The molecule has 21 heavy (non-hydrogen) atoms. The van der Waals surface area contributed by atoms with E-state index in [-0.39, 0.29) is 5.57 Å². The highest BCUT2D eigenvalue weighted by molar-refractivity contribution is 5.88. The van der Waals surface area contributed by atoms with Crippen LogP contribution in [0.4, 0.5) is 23.7 Å². The van der Waals surface area contributed by atoms with Crippen molar-refractivity contribution in [2.75, 3.05) is 12.4 Å². The molecule has 5 nitrogen and oxygen atoms in total. The van der Waals surface area contributed by atoms with E-state index in [4.69, 9.17) is 0 Å². The Morgan fingerprint density at radius 3 is 2.38 bits per heavy atom. The summed E-state index contributed by atoms with van der Waals surface area (Å²) in [6.45, 7) is 4.85. The number of ether oxygens (including phenoxy) is 2. The first kappa shape index (κ1) is 16.5. The molecule has 0 bridgehead atoms. The molecule has 0 radical (unpaired) electrons. The molecule has 1 amide bonds. The number of rotatable bonds is 4. The molecule has 1 rings (SSSR count). The van der Waals surface area contributed by atoms with Gasteiger partial charge in [0.1, 0.15) is 0 Å². The number of anilines is 1. The molecule has 0 heterocycles. The SMILES string of the molecule is C=C(C)C(OC(=O)Nc1ccc(F)c(F)c1F)C(=O)OC. The number of nitrogens with one attached hydrogen (secondary N) is 1. The second-order valence-electron chi connectivity index (χ2n) is 4.00. The van der Waals surface area contributed by atoms with Crippen LogP contribution < -0.4 is 5.32 Å². The maximum absolute atomic E-state index is 13.3. The van der Waals surface area contributed by atoms with Gasteiger partial charge in [-0.15, -0.1) is 0 Å². The molecule has 0 fully saturated rings. The first-order chi connectivity index (χ1) is 9.77. The average Bonchev–Trinajstić information content (AvgIpc) is 2.44. The van der Waals surface area contributed by atoms with E-state index in [0.29, 0.717) is 6.07 Å². The van der Waals surface area contributed by atoms with Crippen LogP contribution >= 0.6 is 0 Å². The lowest BCUT2D eigenvalue weighted by molar-refractivity contribution is -0.148. The minimum absolute atomic E-state index is 0.169. The topological polar surface area (TPSA) is 64.6 Å². The normalized spacial score (nSPS) is 11.5. The molecule has 1 aromatic carbocycles. The summed E-state index contributed by atoms with van der Waals surface area (Å²) in [5.74, 6) is -5.61. The van der Waals surface area contributed by atoms with Crippen LogP contribution in [-0.4, -0.2) is 25.3 Å². The Balaban J connectivity index is 2.84. The van der Waals surface area contributed by atoms with E-state index in [1.165, 1.54) is 6.92 Å². The van der Waals surface area contributed by atoms with Gasteiger partial charge in [0.2, 0.25) is 6.10 Å². The number of carbonyl (C=O) groups is 2. The van der Waals surface area contributed by atoms with Crippen molar-refractivity contribution in [3.8, 4) is 0 Å². The number of halogens is 3. The standard InChI is InChI=1S/C13H12F3NO4/c1-6(2)11(12(18)20-3)21-13(19)17-8-5-4-7(14)9(15)10(8)16/h4-5,11H,1H2,2-3H3,(H,17,19). The summed E-state index contributed by atoms with van der Waals surface area (Å²) in [6, 6.07) is 1.44. The number of methoxy groups -OCH3 is 1. The predicted molar refractivity (Wildman–Crippen MR) is 67.0 cm³/mol. The van der Waals surface area contributed by atoms with E-state index in [0.717, 1.165) is 13.2 Å². The van der Waals surface area contributed by atoms with Gasteiger partial charge in [-0.1, -0.05) is 6.58 Å². The summed E-state index contributed by atoms with van der Waals surface area (Å²) in [7, 11) is 1.08. The third-order valence-corrected chi connectivity index (χ3v) is 2.36. The van der Waals surface area contributed by atoms with Gasteiger partial charge in [0.05, 0.1) is 12.8 Å². The maximum Gasteiger partial charge on any atom is 0.412 e. The van der Waals surface area contributed by atoms with Crippen LogP contribution in [0.5, 0.6) is 0 Å². The third-order valence-electron chi connectivity index (χ3n) is 2.36. The first-order valence-corrected chi connectivity index (χ1v) is 5.62. The summed E-state index contributed by atoms with van der Waals surface area (Å²) in [4.78, 5) is 22.9. The van der Waals surface area contributed by atoms with E-state index in [1.807, 2.05) is 5.32 Å². The molecule has 1 N–H and O–H groups in total. The molecule has 114 valence electrons. The average molecular weight is 303 g/mol. The molecular formula is C13H12F3NO4. The highest BCUT2D eigenvalue weighted by Crippen LogP contribution is 2.20. The largest absolute Gasteiger partial charge is 0.466 e. The molecule has 1 atom stereocenters. The van der Waals surface area contributed by atoms with Crippen molar-refractivity contribution in [3.63, 3.8) is 0 Å². The molecule has 8 heteroatoms. The van der Waals surface area contributed by atoms with Gasteiger partial charge in [0.15, 0.2) is 17.5 Å². The molecule has 0 aliphatic heterocycles. The Bertz CT molecular complexity index is 589. The zero-order valence-electron chi connectivity index (χ0n) is 11.2. The van der Waals surface area contributed by atoms with E-state index in [2.05, 4.69) is 16.1 Å². The number of hydrogen-bond donors (Lipinski definition) is 1. The number of hydrogen-bond acceptors (Lipinski definition) is 4. The van der Waals surface area contributed by atoms with E-state index in [1.54, 1.807) is 0 Å². The van der Waals surface area contributed by atoms with Crippen molar-refractivity contribution in [3.05, 3.63) is 41.7 Å². The minimum Gasteiger partial charge on any atom is -0.466 e. The van der Waals surface area contributed by atoms with Gasteiger partial charge >= 0.3 is 12.1 Å². The molecule has 0 aliphatic rings. The van der Waals surface area contributed by atoms with Crippen molar-refractivity contribution in [2.45, 2.75) is 13.0 Å². The maximum atomic E-state index is 13.3. The smallest absolute Gasteiger partial charge is 0.412 e. The van der Waals surface area contributed by atoms with Crippen LogP contribution in [0.3, 0.4) is 0 Å². The minimum atomic E-state index is -1.74. The zero-order valence-corrected chi connectivity index (χ0v) is 11.2. The van der Waals surface area contributed by atoms with Crippen LogP contribution in [0.1, 0.15) is 6.92 Å². The zero-order chi connectivity index (χ0) is 16.2. The Labute approximate surface area is 118 Å². The fourth-order valence-electron chi connectivity index (χ4n) is 1.33. The Morgan fingerprint density at radius 1 is 1.24 bits per heavy atom. The van der Waals surface area contributed by atoms with Crippen molar-refractivity contribution in [1.82, 2.24) is 0 Å². The van der Waals surface area contributed by atoms with Gasteiger partial charge < -0.3 is 9.47 Å². The van der Waals surface area contributed by atoms with E-state index in [9.17, 15) is 22.8 Å². The molecule has 0 saturated carbocycles. The summed E-state index contributed by atoms with van der Waals surface area (Å²) < 4.78 is 48.1. The second kappa shape index (κ2) is 6.78. The van der Waals surface area contributed by atoms with Gasteiger partial charge in [0.25, 0.3) is 0 Å². The quantitative estimate of drug-likeness (QED) is 0.528. The van der Waals surface area contributed by atoms with E-state index >= 15 is 0 Å². The van der Waals surface area contributed by atoms with Crippen molar-refractivity contribution >= 4 is 17.7 Å². The number of benzene rings is 1. The summed E-state index contributed by atoms with van der Waals surface area (Å²) in [5, 5.41) is 1.85. The van der Waals surface area contributed by atoms with Gasteiger partial charge in [-0.3, -0.25) is 5.32 Å². The molecule has 1 aromatic rings. The molecule has 1 unspecified atom stereocenters. The van der Waals surface area contributed by atoms with Crippen LogP contribution in [0.25, 0.3) is 0 Å². The third kappa shape index (κ3) is 3.98. The van der Waals surface area contributed by atoms with Gasteiger partial charge in [0, 0.05) is 0 Å². The Hall–Kier alpha value is -2.51. The summed E-state index contributed by atoms with van der Waals surface area (Å²) >= 11 is 0. The monoisotopic (exact) mass is 303 g/mol. The predicted octanol–water partition coefficient (Wildman–Crippen LogP) is 2.77. The Morgan fingerprint density at radius 2 is 1.86 bits per heavy atom. The number of amides is 1. The van der Waals surface area contributed by atoms with Gasteiger partial charge in [-0.25, -0.2) is 22.8 Å². The van der Waals surface area contributed by atoms with Crippen LogP contribution in [0, 0.1) is 17.5 Å². The summed E-state index contributed by atoms with van der Waals surface area (Å²) in [5.41, 5.74) is -0.466. The molecule has 0 aliphatic carbocycles. The number of esters is 1. The van der Waals surface area contributed by atoms with Crippen LogP contribution in [0.2, 0.25) is 0 Å².